The summed E-state index contributed by atoms with van der Waals surface area (Å²) < 4.78 is 36.9. The van der Waals surface area contributed by atoms with E-state index in [-0.39, 0.29) is 19.8 Å². The van der Waals surface area contributed by atoms with Crippen LogP contribution in [0, 0.1) is 5.41 Å². The van der Waals surface area contributed by atoms with Crippen molar-refractivity contribution < 1.29 is 42.8 Å². The Hall–Kier alpha value is -9.45. The van der Waals surface area contributed by atoms with Gasteiger partial charge in [0.15, 0.2) is 5.41 Å². The van der Waals surface area contributed by atoms with Crippen molar-refractivity contribution in [3.8, 4) is 0 Å². The lowest BCUT2D eigenvalue weighted by molar-refractivity contribution is -0.167. The van der Waals surface area contributed by atoms with E-state index in [9.17, 15) is 4.79 Å². The molecule has 0 saturated heterocycles. The topological polar surface area (TPSA) is 119 Å². The molecule has 0 heterocycles. The van der Waals surface area contributed by atoms with Gasteiger partial charge in [0, 0.05) is 13.7 Å². The number of amides is 1. The number of alkyl carbamates (subject to hydrolysis) is 1. The van der Waals surface area contributed by atoms with Crippen molar-refractivity contribution in [1.82, 2.24) is 5.32 Å². The largest absolute Gasteiger partial charge is 0.465 e. The van der Waals surface area contributed by atoms with E-state index in [0.717, 1.165) is 0 Å². The van der Waals surface area contributed by atoms with Crippen molar-refractivity contribution in [3.63, 3.8) is 0 Å². The normalized spacial score (nSPS) is 21.6. The molecule has 0 atom stereocenters. The van der Waals surface area contributed by atoms with Gasteiger partial charge in [-0.05, 0) is 353 Å². The smallest absolute Gasteiger partial charge is 0.407 e. The first-order chi connectivity index (χ1) is 44.2. The van der Waals surface area contributed by atoms with Gasteiger partial charge in [-0.1, -0.05) is 0 Å². The Morgan fingerprint density at radius 3 is 0.789 bits per heavy atom. The minimum absolute atomic E-state index is 0.0261. The molecular formula is C80H35NO9. The van der Waals surface area contributed by atoms with Crippen LogP contribution in [0.1, 0.15) is 62.3 Å². The summed E-state index contributed by atoms with van der Waals surface area (Å²) in [4.78, 5) is 47.8. The quantitative estimate of drug-likeness (QED) is 0.0313. The van der Waals surface area contributed by atoms with Gasteiger partial charge in [-0.3, -0.25) is 9.59 Å². The van der Waals surface area contributed by atoms with E-state index in [4.69, 9.17) is 28.4 Å². The molecule has 10 heteroatoms. The Bertz CT molecular complexity index is 7290. The van der Waals surface area contributed by atoms with Crippen molar-refractivity contribution in [2.75, 3.05) is 59.9 Å². The lowest BCUT2D eigenvalue weighted by atomic mass is 9.68. The number of hydrogen-bond acceptors (Lipinski definition) is 9. The van der Waals surface area contributed by atoms with Gasteiger partial charge < -0.3 is 33.7 Å². The number of ether oxygens (including phenoxy) is 6. The average molecular weight is 1150 g/mol. The standard InChI is InChI=1S/C80H35NO9/c1-77(2,3)90-76(84)81-8-6-5-7-9-88-74(82)80(75(83)89-15-14-87-13-12-86-11-10-85-4)78-70-62-54-44-34-26-18-16-17-20-24-22(18)30-38-32(24)42-36-28(20)29-21(17)25-23-19(16)27(26)35-41-31(23)39-33(25)43-37(29)47-46(36)56-50(42)60-52(38)58(48(54)40(30)34)66(70)68(60)72-64(56)65-57(47)51(43)61-53(39)59-49(41)55(45(35)44)63(62)71(78)67(59)69(61)73(65)79(72,78)80/h5-15H2,1-4H3,(H,81,84). The Morgan fingerprint density at radius 1 is 0.300 bits per heavy atom. The first-order valence-electron chi connectivity index (χ1n) is 33.0. The second-order valence-corrected chi connectivity index (χ2v) is 31.0. The van der Waals surface area contributed by atoms with Gasteiger partial charge in [-0.25, -0.2) is 4.79 Å². The summed E-state index contributed by atoms with van der Waals surface area (Å²) in [5.41, 5.74) is -0.0136. The Morgan fingerprint density at radius 2 is 0.533 bits per heavy atom. The first kappa shape index (κ1) is 41.0. The summed E-state index contributed by atoms with van der Waals surface area (Å²) in [6, 6.07) is 0. The number of methoxy groups -OCH3 is 1. The van der Waals surface area contributed by atoms with Gasteiger partial charge in [0.2, 0.25) is 0 Å². The molecule has 5 aliphatic rings. The molecule has 33 rings (SSSR count). The number of hydrogen-bond donors (Lipinski definition) is 1. The molecule has 0 unspecified atom stereocenters. The Labute approximate surface area is 498 Å². The molecule has 1 saturated carbocycles. The highest BCUT2D eigenvalue weighted by molar-refractivity contribution is 6.82. The molecule has 1 N–H and O–H groups in total. The summed E-state index contributed by atoms with van der Waals surface area (Å²) in [5.74, 6) is -0.967. The van der Waals surface area contributed by atoms with Crippen molar-refractivity contribution in [2.24, 2.45) is 5.41 Å². The third kappa shape index (κ3) is 2.71. The minimum atomic E-state index is -1.86. The van der Waals surface area contributed by atoms with Crippen LogP contribution in [0.3, 0.4) is 0 Å². The van der Waals surface area contributed by atoms with E-state index in [1.54, 1.807) is 17.9 Å². The zero-order chi connectivity index (χ0) is 56.9. The van der Waals surface area contributed by atoms with E-state index in [2.05, 4.69) is 5.32 Å². The fourth-order valence-corrected chi connectivity index (χ4v) is 27.2. The van der Waals surface area contributed by atoms with Crippen LogP contribution in [0.25, 0.3) is 291 Å². The van der Waals surface area contributed by atoms with Crippen molar-refractivity contribution in [3.05, 3.63) is 22.3 Å². The molecule has 90 heavy (non-hydrogen) atoms. The second-order valence-electron chi connectivity index (χ2n) is 31.0. The Kier molecular flexibility index (Phi) is 4.81. The molecule has 1 fully saturated rings. The number of rotatable bonds is 17. The number of unbranched alkanes of at least 4 members (excludes halogenated alkanes) is 2. The maximum Gasteiger partial charge on any atom is 0.407 e. The summed E-state index contributed by atoms with van der Waals surface area (Å²) in [5, 5.41) is 80.8. The van der Waals surface area contributed by atoms with E-state index >= 15 is 9.59 Å². The average Bonchev–Trinajstić information content (AvgIpc) is 1.36. The third-order valence-electron chi connectivity index (χ3n) is 28.0. The van der Waals surface area contributed by atoms with Gasteiger partial charge in [0.1, 0.15) is 12.2 Å². The zero-order valence-corrected chi connectivity index (χ0v) is 48.5. The van der Waals surface area contributed by atoms with Crippen LogP contribution >= 0.6 is 0 Å². The maximum atomic E-state index is 17.6. The molecule has 28 aromatic rings. The van der Waals surface area contributed by atoms with E-state index < -0.39 is 39.9 Å². The van der Waals surface area contributed by atoms with Gasteiger partial charge >= 0.3 is 18.0 Å². The fourth-order valence-electron chi connectivity index (χ4n) is 27.2. The number of esters is 2. The first-order valence-corrected chi connectivity index (χ1v) is 33.0. The summed E-state index contributed by atoms with van der Waals surface area (Å²) >= 11 is 0. The molecule has 0 aliphatic heterocycles. The highest BCUT2D eigenvalue weighted by Crippen LogP contribution is 2.96. The van der Waals surface area contributed by atoms with E-state index in [0.29, 0.717) is 52.2 Å². The maximum absolute atomic E-state index is 17.6. The van der Waals surface area contributed by atoms with Gasteiger partial charge in [-0.15, -0.1) is 0 Å². The van der Waals surface area contributed by atoms with Gasteiger partial charge in [-0.2, -0.15) is 0 Å². The highest BCUT2D eigenvalue weighted by Gasteiger charge is 3.01. The number of nitrogens with one attached hydrogen (secondary N) is 1. The van der Waals surface area contributed by atoms with Crippen LogP contribution in [-0.2, 0) is 48.8 Å². The molecule has 10 nitrogen and oxygen atoms in total. The molecule has 0 bridgehead atoms. The predicted octanol–water partition coefficient (Wildman–Crippen LogP) is 17.8. The van der Waals surface area contributed by atoms with E-state index in [1.165, 1.54) is 302 Å². The fraction of sp³-hybridized carbons (Fsp3) is 0.237. The lowest BCUT2D eigenvalue weighted by Gasteiger charge is -2.32. The van der Waals surface area contributed by atoms with Crippen molar-refractivity contribution in [1.29, 1.82) is 0 Å². The molecular weight excluding hydrogens is 1120 g/mol. The number of carbonyl (C=O) groups excluding carboxylic acids is 3. The summed E-state index contributed by atoms with van der Waals surface area (Å²) in [7, 11) is 1.66. The van der Waals surface area contributed by atoms with Crippen LogP contribution in [-0.4, -0.2) is 83.5 Å². The number of carbonyl (C=O) groups is 3. The molecule has 414 valence electrons. The summed E-state index contributed by atoms with van der Waals surface area (Å²) in [6.45, 7) is 7.96. The monoisotopic (exact) mass is 1150 g/mol. The lowest BCUT2D eigenvalue weighted by Crippen LogP contribution is -2.39. The van der Waals surface area contributed by atoms with Crippen molar-refractivity contribution >= 4 is 309 Å². The highest BCUT2D eigenvalue weighted by atomic mass is 16.6. The Balaban J connectivity index is 0.809. The summed E-state index contributed by atoms with van der Waals surface area (Å²) in [6.07, 6.45) is 1.49. The third-order valence-corrected chi connectivity index (χ3v) is 28.0. The molecule has 0 aromatic heterocycles. The molecule has 0 radical (unpaired) electrons. The van der Waals surface area contributed by atoms with Crippen LogP contribution in [0.5, 0.6) is 0 Å². The predicted molar refractivity (Wildman–Crippen MR) is 360 cm³/mol. The minimum Gasteiger partial charge on any atom is -0.465 e. The molecule has 1 amide bonds. The van der Waals surface area contributed by atoms with Gasteiger partial charge in [0.25, 0.3) is 0 Å². The molecule has 5 aliphatic carbocycles. The molecule has 2 spiro atoms. The van der Waals surface area contributed by atoms with Crippen LogP contribution < -0.4 is 5.32 Å². The van der Waals surface area contributed by atoms with E-state index in [1.807, 2.05) is 20.8 Å². The van der Waals surface area contributed by atoms with Crippen LogP contribution in [0.2, 0.25) is 0 Å². The number of benzene rings is 18. The van der Waals surface area contributed by atoms with Crippen LogP contribution in [0.4, 0.5) is 4.79 Å². The van der Waals surface area contributed by atoms with Crippen molar-refractivity contribution in [2.45, 2.75) is 56.5 Å². The zero-order valence-electron chi connectivity index (χ0n) is 48.5. The second kappa shape index (κ2) is 10.6. The van der Waals surface area contributed by atoms with Gasteiger partial charge in [0.05, 0.1) is 50.5 Å². The van der Waals surface area contributed by atoms with Crippen LogP contribution in [0.15, 0.2) is 0 Å². The SMILES string of the molecule is COCCOCCOCCOC(=O)C1(C(=O)OCCCCCNC(=O)OC(C)(C)C)C23c4c5c6c7c8c9c(c%10c%11c2c2c4c4c%12c5c5c6c6c8c8c%13c9c9c%10c%10c%11c%11c2c2c4c4c%12c%12c5c5c6c8c6c8c%13c9c9c%10c%10c%11c2c2c4c4c%12c5c6c5c8c9c%10c2c45)C713. The molecule has 28 aromatic carbocycles.